The van der Waals surface area contributed by atoms with Crippen LogP contribution >= 0.6 is 11.3 Å². The maximum Gasteiger partial charge on any atom is 0.261 e. The molecule has 0 aromatic carbocycles. The van der Waals surface area contributed by atoms with Crippen molar-refractivity contribution in [3.05, 3.63) is 28.7 Å². The Morgan fingerprint density at radius 1 is 1.47 bits per heavy atom. The summed E-state index contributed by atoms with van der Waals surface area (Å²) >= 11 is 1.28. The van der Waals surface area contributed by atoms with Gasteiger partial charge in [-0.15, -0.1) is 10.2 Å². The first-order chi connectivity index (χ1) is 9.13. The molecule has 0 aliphatic carbocycles. The van der Waals surface area contributed by atoms with Gasteiger partial charge in [0.1, 0.15) is 16.6 Å². The van der Waals surface area contributed by atoms with Crippen LogP contribution in [0.4, 0.5) is 15.3 Å². The number of hydrogen-bond acceptors (Lipinski definition) is 6. The van der Waals surface area contributed by atoms with Crippen molar-refractivity contribution in [1.82, 2.24) is 15.2 Å². The zero-order chi connectivity index (χ0) is 13.8. The Morgan fingerprint density at radius 2 is 2.26 bits per heavy atom. The second kappa shape index (κ2) is 5.70. The van der Waals surface area contributed by atoms with E-state index in [1.54, 1.807) is 7.05 Å². The zero-order valence-corrected chi connectivity index (χ0v) is 11.2. The molecule has 2 rings (SSSR count). The Bertz CT molecular complexity index is 601. The summed E-state index contributed by atoms with van der Waals surface area (Å²) in [7, 11) is 1.61. The molecular formula is C11H12FN5OS. The van der Waals surface area contributed by atoms with Crippen LogP contribution < -0.4 is 10.6 Å². The van der Waals surface area contributed by atoms with Gasteiger partial charge in [-0.25, -0.2) is 9.37 Å². The number of pyridine rings is 1. The van der Waals surface area contributed by atoms with Gasteiger partial charge in [-0.3, -0.25) is 10.1 Å². The molecule has 0 radical (unpaired) electrons. The van der Waals surface area contributed by atoms with E-state index in [2.05, 4.69) is 25.8 Å². The molecule has 6 nitrogen and oxygen atoms in total. The van der Waals surface area contributed by atoms with Crippen LogP contribution in [0.5, 0.6) is 0 Å². The SMILES string of the molecule is CCc1nnc(NC(=O)c2cc(F)cnc2NC)s1. The van der Waals surface area contributed by atoms with Crippen LogP contribution in [0.2, 0.25) is 0 Å². The second-order valence-corrected chi connectivity index (χ2v) is 4.67. The van der Waals surface area contributed by atoms with Gasteiger partial charge in [0.15, 0.2) is 0 Å². The highest BCUT2D eigenvalue weighted by atomic mass is 32.1. The van der Waals surface area contributed by atoms with E-state index in [1.165, 1.54) is 11.3 Å². The molecule has 2 aromatic heterocycles. The Balaban J connectivity index is 2.21. The second-order valence-electron chi connectivity index (χ2n) is 3.61. The van der Waals surface area contributed by atoms with Gasteiger partial charge in [0.2, 0.25) is 5.13 Å². The van der Waals surface area contributed by atoms with Gasteiger partial charge in [-0.05, 0) is 12.5 Å². The molecule has 0 atom stereocenters. The lowest BCUT2D eigenvalue weighted by atomic mass is 10.2. The Kier molecular flexibility index (Phi) is 4.00. The smallest absolute Gasteiger partial charge is 0.261 e. The third kappa shape index (κ3) is 3.02. The summed E-state index contributed by atoms with van der Waals surface area (Å²) in [5.41, 5.74) is 0.121. The summed E-state index contributed by atoms with van der Waals surface area (Å²) < 4.78 is 13.1. The van der Waals surface area contributed by atoms with E-state index in [9.17, 15) is 9.18 Å². The minimum absolute atomic E-state index is 0.121. The predicted octanol–water partition coefficient (Wildman–Crippen LogP) is 1.93. The lowest BCUT2D eigenvalue weighted by Gasteiger charge is -2.06. The van der Waals surface area contributed by atoms with Crippen LogP contribution in [-0.4, -0.2) is 28.1 Å². The molecule has 8 heteroatoms. The molecular weight excluding hydrogens is 269 g/mol. The van der Waals surface area contributed by atoms with E-state index >= 15 is 0 Å². The van der Waals surface area contributed by atoms with E-state index in [-0.39, 0.29) is 5.56 Å². The highest BCUT2D eigenvalue weighted by Crippen LogP contribution is 2.19. The van der Waals surface area contributed by atoms with E-state index in [1.807, 2.05) is 6.92 Å². The number of aryl methyl sites for hydroxylation is 1. The van der Waals surface area contributed by atoms with Gasteiger partial charge >= 0.3 is 0 Å². The number of carbonyl (C=O) groups excluding carboxylic acids is 1. The minimum atomic E-state index is -0.573. The van der Waals surface area contributed by atoms with Crippen LogP contribution in [-0.2, 0) is 6.42 Å². The molecule has 0 spiro atoms. The first-order valence-electron chi connectivity index (χ1n) is 5.61. The summed E-state index contributed by atoms with van der Waals surface area (Å²) in [6.45, 7) is 1.95. The van der Waals surface area contributed by atoms with Crippen LogP contribution in [0.25, 0.3) is 0 Å². The normalized spacial score (nSPS) is 10.3. The van der Waals surface area contributed by atoms with Crippen molar-refractivity contribution in [2.45, 2.75) is 13.3 Å². The van der Waals surface area contributed by atoms with Crippen molar-refractivity contribution in [2.75, 3.05) is 17.7 Å². The van der Waals surface area contributed by atoms with Crippen LogP contribution in [0.3, 0.4) is 0 Å². The van der Waals surface area contributed by atoms with Gasteiger partial charge in [0, 0.05) is 7.05 Å². The van der Waals surface area contributed by atoms with E-state index in [0.29, 0.717) is 10.9 Å². The minimum Gasteiger partial charge on any atom is -0.372 e. The highest BCUT2D eigenvalue weighted by molar-refractivity contribution is 7.15. The van der Waals surface area contributed by atoms with Gasteiger partial charge in [-0.1, -0.05) is 18.3 Å². The average molecular weight is 281 g/mol. The average Bonchev–Trinajstić information content (AvgIpc) is 2.86. The molecule has 1 amide bonds. The maximum atomic E-state index is 13.1. The Morgan fingerprint density at radius 3 is 2.89 bits per heavy atom. The number of hydrogen-bond donors (Lipinski definition) is 2. The number of rotatable bonds is 4. The molecule has 100 valence electrons. The van der Waals surface area contributed by atoms with Crippen LogP contribution in [0.1, 0.15) is 22.3 Å². The fourth-order valence-electron chi connectivity index (χ4n) is 1.42. The molecule has 2 N–H and O–H groups in total. The van der Waals surface area contributed by atoms with Gasteiger partial charge in [0.25, 0.3) is 5.91 Å². The lowest BCUT2D eigenvalue weighted by Crippen LogP contribution is -2.15. The molecule has 0 unspecified atom stereocenters. The molecule has 0 aliphatic rings. The van der Waals surface area contributed by atoms with Crippen molar-refractivity contribution >= 4 is 28.2 Å². The Labute approximate surface area is 113 Å². The van der Waals surface area contributed by atoms with Gasteiger partial charge in [0.05, 0.1) is 11.8 Å². The first-order valence-corrected chi connectivity index (χ1v) is 6.42. The van der Waals surface area contributed by atoms with Gasteiger partial charge in [-0.2, -0.15) is 0 Å². The monoisotopic (exact) mass is 281 g/mol. The lowest BCUT2D eigenvalue weighted by molar-refractivity contribution is 0.102. The zero-order valence-electron chi connectivity index (χ0n) is 10.4. The van der Waals surface area contributed by atoms with Crippen LogP contribution in [0, 0.1) is 5.82 Å². The topological polar surface area (TPSA) is 79.8 Å². The number of carbonyl (C=O) groups is 1. The molecule has 0 fully saturated rings. The third-order valence-corrected chi connectivity index (χ3v) is 3.31. The molecule has 19 heavy (non-hydrogen) atoms. The number of nitrogens with zero attached hydrogens (tertiary/aromatic N) is 3. The summed E-state index contributed by atoms with van der Waals surface area (Å²) in [5.74, 6) is -0.745. The molecule has 0 aliphatic heterocycles. The first kappa shape index (κ1) is 13.3. The standard InChI is InChI=1S/C11H12FN5OS/c1-3-8-16-17-11(19-8)15-10(18)7-4-6(12)5-14-9(7)13-2/h4-5H,3H2,1-2H3,(H,13,14)(H,15,17,18). The molecule has 0 saturated heterocycles. The molecule has 0 saturated carbocycles. The quantitative estimate of drug-likeness (QED) is 0.895. The van der Waals surface area contributed by atoms with Crippen molar-refractivity contribution in [3.8, 4) is 0 Å². The molecule has 0 bridgehead atoms. The molecule has 2 aromatic rings. The summed E-state index contributed by atoms with van der Waals surface area (Å²) in [6, 6.07) is 1.12. The van der Waals surface area contributed by atoms with Crippen molar-refractivity contribution in [3.63, 3.8) is 0 Å². The van der Waals surface area contributed by atoms with Gasteiger partial charge < -0.3 is 5.32 Å². The summed E-state index contributed by atoms with van der Waals surface area (Å²) in [6.07, 6.45) is 1.79. The molecule has 2 heterocycles. The summed E-state index contributed by atoms with van der Waals surface area (Å²) in [5, 5.41) is 14.2. The Hall–Kier alpha value is -2.09. The number of anilines is 2. The van der Waals surface area contributed by atoms with Crippen molar-refractivity contribution < 1.29 is 9.18 Å². The number of amides is 1. The number of halogens is 1. The van der Waals surface area contributed by atoms with Crippen molar-refractivity contribution in [2.24, 2.45) is 0 Å². The van der Waals surface area contributed by atoms with Crippen LogP contribution in [0.15, 0.2) is 12.3 Å². The predicted molar refractivity (Wildman–Crippen MR) is 71.0 cm³/mol. The number of nitrogens with one attached hydrogen (secondary N) is 2. The van der Waals surface area contributed by atoms with E-state index < -0.39 is 11.7 Å². The fourth-order valence-corrected chi connectivity index (χ4v) is 2.10. The fraction of sp³-hybridized carbons (Fsp3) is 0.273. The maximum absolute atomic E-state index is 13.1. The number of aromatic nitrogens is 3. The summed E-state index contributed by atoms with van der Waals surface area (Å²) in [4.78, 5) is 15.8. The highest BCUT2D eigenvalue weighted by Gasteiger charge is 2.15. The largest absolute Gasteiger partial charge is 0.372 e. The van der Waals surface area contributed by atoms with Crippen molar-refractivity contribution in [1.29, 1.82) is 0 Å². The van der Waals surface area contributed by atoms with E-state index in [0.717, 1.165) is 23.7 Å². The van der Waals surface area contributed by atoms with E-state index in [4.69, 9.17) is 0 Å². The third-order valence-electron chi connectivity index (χ3n) is 2.33.